The van der Waals surface area contributed by atoms with E-state index in [1.165, 1.54) is 25.3 Å². The van der Waals surface area contributed by atoms with E-state index in [0.29, 0.717) is 5.75 Å². The fraction of sp³-hybridized carbons (Fsp3) is 0.0667. The largest absolute Gasteiger partial charge is 0.497 e. The molecule has 0 aliphatic heterocycles. The molecule has 0 fully saturated rings. The molecule has 0 atom stereocenters. The van der Waals surface area contributed by atoms with E-state index in [9.17, 15) is 19.1 Å². The zero-order valence-corrected chi connectivity index (χ0v) is 11.0. The SMILES string of the molecule is COc1ccc(-c2ccc(C(=O)O)c(F)c2)c(C(=O)O)c1. The summed E-state index contributed by atoms with van der Waals surface area (Å²) in [6, 6.07) is 7.81. The van der Waals surface area contributed by atoms with Crippen molar-refractivity contribution in [1.29, 1.82) is 0 Å². The van der Waals surface area contributed by atoms with Crippen LogP contribution in [0.3, 0.4) is 0 Å². The number of methoxy groups -OCH3 is 1. The first-order chi connectivity index (χ1) is 9.93. The standard InChI is InChI=1S/C15H11FO5/c1-21-9-3-5-10(12(7-9)15(19)20)8-2-4-11(14(17)18)13(16)6-8/h2-7H,1H3,(H,17,18)(H,19,20). The molecule has 6 heteroatoms. The predicted octanol–water partition coefficient (Wildman–Crippen LogP) is 2.90. The summed E-state index contributed by atoms with van der Waals surface area (Å²) in [4.78, 5) is 22.1. The highest BCUT2D eigenvalue weighted by Crippen LogP contribution is 2.28. The lowest BCUT2D eigenvalue weighted by Crippen LogP contribution is -2.03. The Morgan fingerprint density at radius 2 is 1.67 bits per heavy atom. The molecule has 2 N–H and O–H groups in total. The van der Waals surface area contributed by atoms with Gasteiger partial charge in [0, 0.05) is 0 Å². The molecule has 0 aliphatic rings. The number of benzene rings is 2. The van der Waals surface area contributed by atoms with Crippen molar-refractivity contribution in [2.45, 2.75) is 0 Å². The number of rotatable bonds is 4. The number of carboxylic acids is 2. The maximum absolute atomic E-state index is 13.7. The molecule has 0 unspecified atom stereocenters. The van der Waals surface area contributed by atoms with Crippen LogP contribution in [-0.2, 0) is 0 Å². The number of halogens is 1. The molecule has 0 aromatic heterocycles. The van der Waals surface area contributed by atoms with Gasteiger partial charge in [-0.15, -0.1) is 0 Å². The minimum absolute atomic E-state index is 0.0585. The van der Waals surface area contributed by atoms with Crippen LogP contribution >= 0.6 is 0 Å². The second-order valence-electron chi connectivity index (χ2n) is 4.22. The third-order valence-corrected chi connectivity index (χ3v) is 2.97. The van der Waals surface area contributed by atoms with Crippen LogP contribution < -0.4 is 4.74 Å². The van der Waals surface area contributed by atoms with Gasteiger partial charge in [-0.05, 0) is 41.5 Å². The fourth-order valence-corrected chi connectivity index (χ4v) is 1.94. The number of hydrogen-bond donors (Lipinski definition) is 2. The molecule has 2 aromatic rings. The highest BCUT2D eigenvalue weighted by Gasteiger charge is 2.16. The Hall–Kier alpha value is -2.89. The Balaban J connectivity index is 2.59. The summed E-state index contributed by atoms with van der Waals surface area (Å²) >= 11 is 0. The van der Waals surface area contributed by atoms with Gasteiger partial charge in [0.25, 0.3) is 0 Å². The second kappa shape index (κ2) is 5.62. The summed E-state index contributed by atoms with van der Waals surface area (Å²) in [6.45, 7) is 0. The molecule has 0 radical (unpaired) electrons. The average Bonchev–Trinajstić information content (AvgIpc) is 2.46. The molecule has 0 amide bonds. The molecule has 5 nitrogen and oxygen atoms in total. The third-order valence-electron chi connectivity index (χ3n) is 2.97. The smallest absolute Gasteiger partial charge is 0.338 e. The van der Waals surface area contributed by atoms with Crippen molar-refractivity contribution in [2.24, 2.45) is 0 Å². The number of ether oxygens (including phenoxy) is 1. The van der Waals surface area contributed by atoms with E-state index >= 15 is 0 Å². The zero-order valence-electron chi connectivity index (χ0n) is 11.0. The number of carbonyl (C=O) groups is 2. The van der Waals surface area contributed by atoms with Crippen molar-refractivity contribution in [1.82, 2.24) is 0 Å². The van der Waals surface area contributed by atoms with Gasteiger partial charge in [-0.1, -0.05) is 6.07 Å². The summed E-state index contributed by atoms with van der Waals surface area (Å²) in [6.07, 6.45) is 0. The number of carboxylic acid groups (broad SMARTS) is 2. The zero-order chi connectivity index (χ0) is 15.6. The lowest BCUT2D eigenvalue weighted by molar-refractivity contribution is 0.0683. The second-order valence-corrected chi connectivity index (χ2v) is 4.22. The van der Waals surface area contributed by atoms with Crippen LogP contribution in [0.2, 0.25) is 0 Å². The first kappa shape index (κ1) is 14.5. The molecule has 0 spiro atoms. The molecule has 21 heavy (non-hydrogen) atoms. The van der Waals surface area contributed by atoms with Gasteiger partial charge in [0.2, 0.25) is 0 Å². The normalized spacial score (nSPS) is 10.2. The summed E-state index contributed by atoms with van der Waals surface area (Å²) in [5.74, 6) is -3.13. The molecular weight excluding hydrogens is 279 g/mol. The molecule has 0 aliphatic carbocycles. The minimum atomic E-state index is -1.38. The van der Waals surface area contributed by atoms with Crippen molar-refractivity contribution in [3.63, 3.8) is 0 Å². The first-order valence-electron chi connectivity index (χ1n) is 5.88. The van der Waals surface area contributed by atoms with E-state index in [-0.39, 0.29) is 16.7 Å². The van der Waals surface area contributed by atoms with Crippen LogP contribution in [0.1, 0.15) is 20.7 Å². The Morgan fingerprint density at radius 1 is 1.00 bits per heavy atom. The van der Waals surface area contributed by atoms with E-state index in [1.807, 2.05) is 0 Å². The molecule has 0 heterocycles. The van der Waals surface area contributed by atoms with Crippen LogP contribution in [0, 0.1) is 5.82 Å². The quantitative estimate of drug-likeness (QED) is 0.904. The van der Waals surface area contributed by atoms with Crippen LogP contribution in [0.25, 0.3) is 11.1 Å². The Bertz CT molecular complexity index is 724. The molecule has 2 aromatic carbocycles. The van der Waals surface area contributed by atoms with Crippen molar-refractivity contribution in [2.75, 3.05) is 7.11 Å². The molecule has 108 valence electrons. The van der Waals surface area contributed by atoms with Crippen LogP contribution in [0.15, 0.2) is 36.4 Å². The summed E-state index contributed by atoms with van der Waals surface area (Å²) in [5, 5.41) is 18.0. The van der Waals surface area contributed by atoms with Crippen molar-refractivity contribution in [3.05, 3.63) is 53.3 Å². The summed E-state index contributed by atoms with van der Waals surface area (Å²) in [7, 11) is 1.40. The lowest BCUT2D eigenvalue weighted by atomic mass is 9.98. The van der Waals surface area contributed by atoms with E-state index in [2.05, 4.69) is 0 Å². The monoisotopic (exact) mass is 290 g/mol. The van der Waals surface area contributed by atoms with Crippen molar-refractivity contribution < 1.29 is 28.9 Å². The van der Waals surface area contributed by atoms with Gasteiger partial charge in [-0.2, -0.15) is 0 Å². The Kier molecular flexibility index (Phi) is 3.89. The number of hydrogen-bond acceptors (Lipinski definition) is 3. The first-order valence-corrected chi connectivity index (χ1v) is 5.88. The maximum atomic E-state index is 13.7. The molecule has 0 bridgehead atoms. The van der Waals surface area contributed by atoms with Crippen molar-refractivity contribution >= 4 is 11.9 Å². The molecule has 0 saturated heterocycles. The average molecular weight is 290 g/mol. The van der Waals surface area contributed by atoms with Gasteiger partial charge < -0.3 is 14.9 Å². The Labute approximate surface area is 119 Å². The summed E-state index contributed by atoms with van der Waals surface area (Å²) in [5.41, 5.74) is 0.0256. The minimum Gasteiger partial charge on any atom is -0.497 e. The molecule has 2 rings (SSSR count). The molecular formula is C15H11FO5. The van der Waals surface area contributed by atoms with Crippen molar-refractivity contribution in [3.8, 4) is 16.9 Å². The van der Waals surface area contributed by atoms with Gasteiger partial charge in [0.15, 0.2) is 0 Å². The predicted molar refractivity (Wildman–Crippen MR) is 72.3 cm³/mol. The summed E-state index contributed by atoms with van der Waals surface area (Å²) < 4.78 is 18.7. The van der Waals surface area contributed by atoms with Gasteiger partial charge in [-0.3, -0.25) is 0 Å². The van der Waals surface area contributed by atoms with Gasteiger partial charge in [0.05, 0.1) is 18.2 Å². The van der Waals surface area contributed by atoms with Gasteiger partial charge >= 0.3 is 11.9 Å². The van der Waals surface area contributed by atoms with E-state index < -0.39 is 23.3 Å². The van der Waals surface area contributed by atoms with E-state index in [0.717, 1.165) is 12.1 Å². The van der Waals surface area contributed by atoms with E-state index in [1.54, 1.807) is 6.07 Å². The number of aromatic carboxylic acids is 2. The molecule has 0 saturated carbocycles. The van der Waals surface area contributed by atoms with Crippen LogP contribution in [-0.4, -0.2) is 29.3 Å². The van der Waals surface area contributed by atoms with Gasteiger partial charge in [0.1, 0.15) is 11.6 Å². The van der Waals surface area contributed by atoms with Crippen LogP contribution in [0.5, 0.6) is 5.75 Å². The highest BCUT2D eigenvalue weighted by atomic mass is 19.1. The maximum Gasteiger partial charge on any atom is 0.338 e. The third kappa shape index (κ3) is 2.84. The lowest BCUT2D eigenvalue weighted by Gasteiger charge is -2.09. The van der Waals surface area contributed by atoms with Gasteiger partial charge in [-0.25, -0.2) is 14.0 Å². The van der Waals surface area contributed by atoms with Crippen LogP contribution in [0.4, 0.5) is 4.39 Å². The topological polar surface area (TPSA) is 83.8 Å². The Morgan fingerprint density at radius 3 is 2.19 bits per heavy atom. The van der Waals surface area contributed by atoms with E-state index in [4.69, 9.17) is 9.84 Å². The highest BCUT2D eigenvalue weighted by molar-refractivity contribution is 5.97. The fourth-order valence-electron chi connectivity index (χ4n) is 1.94.